The molecule has 13 heavy (non-hydrogen) atoms. The van der Waals surface area contributed by atoms with Gasteiger partial charge in [0.2, 0.25) is 0 Å². The highest BCUT2D eigenvalue weighted by Gasteiger charge is 2.52. The van der Waals surface area contributed by atoms with E-state index in [2.05, 4.69) is 6.92 Å². The van der Waals surface area contributed by atoms with Crippen LogP contribution in [0.15, 0.2) is 0 Å². The Morgan fingerprint density at radius 1 is 1.31 bits per heavy atom. The van der Waals surface area contributed by atoms with Crippen LogP contribution in [0.3, 0.4) is 0 Å². The van der Waals surface area contributed by atoms with Crippen LogP contribution in [0.4, 0.5) is 0 Å². The summed E-state index contributed by atoms with van der Waals surface area (Å²) in [5.41, 5.74) is 6.61. The van der Waals surface area contributed by atoms with Gasteiger partial charge in [0.15, 0.2) is 0 Å². The molecule has 0 saturated heterocycles. The highest BCUT2D eigenvalue weighted by Crippen LogP contribution is 2.63. The van der Waals surface area contributed by atoms with Crippen LogP contribution >= 0.6 is 0 Å². The maximum absolute atomic E-state index is 5.79. The third kappa shape index (κ3) is 2.07. The zero-order valence-electron chi connectivity index (χ0n) is 8.89. The van der Waals surface area contributed by atoms with Crippen molar-refractivity contribution in [3.8, 4) is 0 Å². The van der Waals surface area contributed by atoms with Crippen molar-refractivity contribution in [1.82, 2.24) is 0 Å². The van der Waals surface area contributed by atoms with Gasteiger partial charge >= 0.3 is 0 Å². The molecule has 0 aromatic carbocycles. The SMILES string of the molecule is CC(N)CCC1CC12CCCCC2. The summed E-state index contributed by atoms with van der Waals surface area (Å²) in [5.74, 6) is 1.05. The second kappa shape index (κ2) is 3.61. The Labute approximate surface area is 82.1 Å². The van der Waals surface area contributed by atoms with Gasteiger partial charge in [0.1, 0.15) is 0 Å². The zero-order valence-corrected chi connectivity index (χ0v) is 8.89. The molecule has 76 valence electrons. The molecule has 2 saturated carbocycles. The van der Waals surface area contributed by atoms with Crippen molar-refractivity contribution in [2.75, 3.05) is 0 Å². The van der Waals surface area contributed by atoms with Crippen LogP contribution in [-0.4, -0.2) is 6.04 Å². The van der Waals surface area contributed by atoms with Crippen molar-refractivity contribution in [1.29, 1.82) is 0 Å². The van der Waals surface area contributed by atoms with Crippen LogP contribution in [0.5, 0.6) is 0 Å². The van der Waals surface area contributed by atoms with Gasteiger partial charge < -0.3 is 5.73 Å². The van der Waals surface area contributed by atoms with E-state index in [-0.39, 0.29) is 0 Å². The van der Waals surface area contributed by atoms with Gasteiger partial charge in [0, 0.05) is 6.04 Å². The first-order chi connectivity index (χ1) is 6.23. The van der Waals surface area contributed by atoms with Crippen molar-refractivity contribution in [3.05, 3.63) is 0 Å². The molecule has 0 aromatic rings. The van der Waals surface area contributed by atoms with Crippen molar-refractivity contribution in [2.45, 2.75) is 64.3 Å². The van der Waals surface area contributed by atoms with E-state index in [0.29, 0.717) is 6.04 Å². The summed E-state index contributed by atoms with van der Waals surface area (Å²) in [6.45, 7) is 2.13. The summed E-state index contributed by atoms with van der Waals surface area (Å²) >= 11 is 0. The first-order valence-electron chi connectivity index (χ1n) is 5.98. The monoisotopic (exact) mass is 181 g/mol. The number of nitrogens with two attached hydrogens (primary N) is 1. The second-order valence-corrected chi connectivity index (χ2v) is 5.38. The number of hydrogen-bond donors (Lipinski definition) is 1. The van der Waals surface area contributed by atoms with Gasteiger partial charge in [-0.1, -0.05) is 19.3 Å². The normalized spacial score (nSPS) is 33.2. The van der Waals surface area contributed by atoms with Gasteiger partial charge in [-0.2, -0.15) is 0 Å². The molecule has 0 heterocycles. The maximum atomic E-state index is 5.79. The Kier molecular flexibility index (Phi) is 2.64. The minimum Gasteiger partial charge on any atom is -0.328 e. The lowest BCUT2D eigenvalue weighted by atomic mass is 9.83. The van der Waals surface area contributed by atoms with Crippen LogP contribution < -0.4 is 5.73 Å². The van der Waals surface area contributed by atoms with Gasteiger partial charge in [0.05, 0.1) is 0 Å². The zero-order chi connectivity index (χ0) is 9.31. The fourth-order valence-corrected chi connectivity index (χ4v) is 3.17. The minimum atomic E-state index is 0.418. The highest BCUT2D eigenvalue weighted by atomic mass is 14.6. The van der Waals surface area contributed by atoms with E-state index < -0.39 is 0 Å². The summed E-state index contributed by atoms with van der Waals surface area (Å²) in [5, 5.41) is 0. The van der Waals surface area contributed by atoms with Gasteiger partial charge in [-0.3, -0.25) is 0 Å². The smallest absolute Gasteiger partial charge is 0.00105 e. The van der Waals surface area contributed by atoms with Gasteiger partial charge in [-0.15, -0.1) is 0 Å². The molecule has 1 spiro atoms. The van der Waals surface area contributed by atoms with Gasteiger partial charge in [-0.05, 0) is 50.4 Å². The summed E-state index contributed by atoms with van der Waals surface area (Å²) in [4.78, 5) is 0. The first-order valence-corrected chi connectivity index (χ1v) is 5.98. The fourth-order valence-electron chi connectivity index (χ4n) is 3.17. The van der Waals surface area contributed by atoms with Crippen molar-refractivity contribution < 1.29 is 0 Å². The predicted molar refractivity (Wildman–Crippen MR) is 56.5 cm³/mol. The summed E-state index contributed by atoms with van der Waals surface area (Å²) in [6, 6.07) is 0.418. The largest absolute Gasteiger partial charge is 0.328 e. The van der Waals surface area contributed by atoms with E-state index in [9.17, 15) is 0 Å². The molecule has 1 heteroatoms. The Morgan fingerprint density at radius 3 is 2.62 bits per heavy atom. The molecule has 1 nitrogen and oxygen atoms in total. The lowest BCUT2D eigenvalue weighted by Gasteiger charge is -2.22. The molecule has 2 rings (SSSR count). The molecule has 2 atom stereocenters. The predicted octanol–water partition coefficient (Wildman–Crippen LogP) is 3.08. The molecule has 0 aliphatic heterocycles. The molecule has 2 aliphatic carbocycles. The summed E-state index contributed by atoms with van der Waals surface area (Å²) in [6.07, 6.45) is 11.7. The van der Waals surface area contributed by atoms with E-state index in [1.807, 2.05) is 0 Å². The van der Waals surface area contributed by atoms with Gasteiger partial charge in [-0.25, -0.2) is 0 Å². The van der Waals surface area contributed by atoms with Crippen LogP contribution in [-0.2, 0) is 0 Å². The van der Waals surface area contributed by atoms with Gasteiger partial charge in [0.25, 0.3) is 0 Å². The van der Waals surface area contributed by atoms with Crippen molar-refractivity contribution in [2.24, 2.45) is 17.1 Å². The fraction of sp³-hybridized carbons (Fsp3) is 1.00. The molecule has 0 bridgehead atoms. The number of hydrogen-bond acceptors (Lipinski definition) is 1. The quantitative estimate of drug-likeness (QED) is 0.711. The average molecular weight is 181 g/mol. The van der Waals surface area contributed by atoms with E-state index in [0.717, 1.165) is 11.3 Å². The van der Waals surface area contributed by atoms with E-state index in [1.54, 1.807) is 0 Å². The van der Waals surface area contributed by atoms with Crippen molar-refractivity contribution >= 4 is 0 Å². The lowest BCUT2D eigenvalue weighted by molar-refractivity contribution is 0.299. The molecule has 2 unspecified atom stereocenters. The standard InChI is InChI=1S/C12H23N/c1-10(13)5-6-11-9-12(11)7-3-2-4-8-12/h10-11H,2-9,13H2,1H3. The molecular weight excluding hydrogens is 158 g/mol. The summed E-state index contributed by atoms with van der Waals surface area (Å²) in [7, 11) is 0. The maximum Gasteiger partial charge on any atom is 0.00105 e. The van der Waals surface area contributed by atoms with E-state index in [4.69, 9.17) is 5.73 Å². The molecular formula is C12H23N. The second-order valence-electron chi connectivity index (χ2n) is 5.38. The Morgan fingerprint density at radius 2 is 2.00 bits per heavy atom. The summed E-state index contributed by atoms with van der Waals surface area (Å²) < 4.78 is 0. The lowest BCUT2D eigenvalue weighted by Crippen LogP contribution is -2.16. The highest BCUT2D eigenvalue weighted by molar-refractivity contribution is 5.03. The molecule has 2 aliphatic rings. The first kappa shape index (κ1) is 9.51. The van der Waals surface area contributed by atoms with Crippen LogP contribution in [0.2, 0.25) is 0 Å². The Hall–Kier alpha value is -0.0400. The third-order valence-electron chi connectivity index (χ3n) is 4.18. The topological polar surface area (TPSA) is 26.0 Å². The van der Waals surface area contributed by atoms with E-state index in [1.165, 1.54) is 51.4 Å². The molecule has 0 radical (unpaired) electrons. The molecule has 0 aromatic heterocycles. The molecule has 0 amide bonds. The van der Waals surface area contributed by atoms with Crippen LogP contribution in [0.1, 0.15) is 58.3 Å². The van der Waals surface area contributed by atoms with Crippen molar-refractivity contribution in [3.63, 3.8) is 0 Å². The van der Waals surface area contributed by atoms with Crippen LogP contribution in [0, 0.1) is 11.3 Å². The minimum absolute atomic E-state index is 0.418. The van der Waals surface area contributed by atoms with Crippen LogP contribution in [0.25, 0.3) is 0 Å². The average Bonchev–Trinajstić information content (AvgIpc) is 2.77. The Balaban J connectivity index is 1.73. The molecule has 2 fully saturated rings. The molecule has 2 N–H and O–H groups in total. The Bertz CT molecular complexity index is 168. The number of rotatable bonds is 3. The van der Waals surface area contributed by atoms with E-state index >= 15 is 0 Å². The third-order valence-corrected chi connectivity index (χ3v) is 4.18.